The molecule has 0 nitrogen and oxygen atoms in total. The second-order valence-electron chi connectivity index (χ2n) is 14.7. The average molecular weight is 643 g/mol. The van der Waals surface area contributed by atoms with Crippen molar-refractivity contribution in [2.24, 2.45) is 0 Å². The Kier molecular flexibility index (Phi) is 5.23. The van der Waals surface area contributed by atoms with Gasteiger partial charge in [0.1, 0.15) is 0 Å². The minimum atomic E-state index is -0.460. The lowest BCUT2D eigenvalue weighted by Crippen LogP contribution is -2.43. The van der Waals surface area contributed by atoms with Crippen LogP contribution in [0, 0.1) is 27.7 Å². The number of aryl methyl sites for hydroxylation is 4. The zero-order chi connectivity index (χ0) is 32.8. The third kappa shape index (κ3) is 3.21. The van der Waals surface area contributed by atoms with Crippen LogP contribution >= 0.6 is 11.3 Å². The van der Waals surface area contributed by atoms with E-state index in [4.69, 9.17) is 0 Å². The fraction of sp³-hybridized carbons (Fsp3) is 0.125. The van der Waals surface area contributed by atoms with Gasteiger partial charge in [0.15, 0.2) is 0 Å². The molecule has 232 valence electrons. The van der Waals surface area contributed by atoms with Crippen LogP contribution in [0.4, 0.5) is 0 Å². The first-order valence-electron chi connectivity index (χ1n) is 17.4. The molecule has 7 aromatic carbocycles. The molecule has 49 heavy (non-hydrogen) atoms. The van der Waals surface area contributed by atoms with Crippen molar-refractivity contribution < 1.29 is 0 Å². The molecule has 0 radical (unpaired) electrons. The molecule has 0 saturated carbocycles. The third-order valence-electron chi connectivity index (χ3n) is 12.0. The maximum atomic E-state index is 2.61. The molecule has 0 atom stereocenters. The molecule has 0 saturated heterocycles. The van der Waals surface area contributed by atoms with Crippen LogP contribution in [0.2, 0.25) is 0 Å². The lowest BCUT2D eigenvalue weighted by atomic mass is 9.52. The van der Waals surface area contributed by atoms with Crippen LogP contribution in [0.1, 0.15) is 66.8 Å². The van der Waals surface area contributed by atoms with Crippen molar-refractivity contribution in [1.82, 2.24) is 0 Å². The van der Waals surface area contributed by atoms with Crippen molar-refractivity contribution in [1.29, 1.82) is 0 Å². The van der Waals surface area contributed by atoms with Gasteiger partial charge in [0.05, 0.1) is 10.8 Å². The van der Waals surface area contributed by atoms with Crippen molar-refractivity contribution in [3.8, 4) is 22.3 Å². The van der Waals surface area contributed by atoms with Crippen molar-refractivity contribution >= 4 is 31.5 Å². The van der Waals surface area contributed by atoms with Gasteiger partial charge in [-0.3, -0.25) is 0 Å². The lowest BCUT2D eigenvalue weighted by Gasteiger charge is -2.49. The van der Waals surface area contributed by atoms with Crippen LogP contribution in [0.3, 0.4) is 0 Å². The highest BCUT2D eigenvalue weighted by atomic mass is 32.1. The average Bonchev–Trinajstić information content (AvgIpc) is 3.71. The molecule has 3 aliphatic rings. The summed E-state index contributed by atoms with van der Waals surface area (Å²) in [7, 11) is 0. The van der Waals surface area contributed by atoms with E-state index in [1.807, 2.05) is 11.3 Å². The highest BCUT2D eigenvalue weighted by Gasteiger charge is 2.59. The van der Waals surface area contributed by atoms with Crippen LogP contribution in [0.15, 0.2) is 133 Å². The molecule has 1 aromatic heterocycles. The second kappa shape index (κ2) is 9.26. The van der Waals surface area contributed by atoms with E-state index in [0.29, 0.717) is 0 Å². The van der Waals surface area contributed by atoms with E-state index in [1.54, 1.807) is 0 Å². The Labute approximate surface area is 291 Å². The summed E-state index contributed by atoms with van der Waals surface area (Å²) in [6.45, 7) is 8.93. The van der Waals surface area contributed by atoms with Gasteiger partial charge in [0, 0.05) is 20.2 Å². The summed E-state index contributed by atoms with van der Waals surface area (Å²) >= 11 is 1.93. The SMILES string of the molecule is Cc1ccc2c(c1)-c1cc(C)ccc1C21c2ccccc2C2(c3ccc(C)cc3-c3cc(C)ccc32)c2cc3c(cc21)sc1ccccc13. The standard InChI is InChI=1S/C48H34S/c1-27-13-17-37-32(21-27)33-22-28(2)14-18-38(33)47(37)41-10-6-7-11-42(41)48(39-19-15-29(3)23-34(39)35-24-30(4)16-20-40(35)48)44-26-46-36(25-43(44)47)31-9-5-8-12-45(31)49-46/h5-26H,1-4H3. The molecule has 11 rings (SSSR count). The van der Waals surface area contributed by atoms with Gasteiger partial charge in [0.2, 0.25) is 0 Å². The van der Waals surface area contributed by atoms with Crippen LogP contribution in [-0.2, 0) is 10.8 Å². The summed E-state index contributed by atoms with van der Waals surface area (Å²) in [5.74, 6) is 0. The Morgan fingerprint density at radius 2 is 0.735 bits per heavy atom. The van der Waals surface area contributed by atoms with Crippen molar-refractivity contribution in [2.75, 3.05) is 0 Å². The molecule has 0 N–H and O–H groups in total. The first kappa shape index (κ1) is 27.7. The van der Waals surface area contributed by atoms with Gasteiger partial charge in [-0.15, -0.1) is 11.3 Å². The topological polar surface area (TPSA) is 0 Å². The van der Waals surface area contributed by atoms with E-state index in [-0.39, 0.29) is 0 Å². The largest absolute Gasteiger partial charge is 0.135 e. The van der Waals surface area contributed by atoms with Crippen molar-refractivity contribution in [3.05, 3.63) is 200 Å². The molecule has 0 aliphatic heterocycles. The quantitative estimate of drug-likeness (QED) is 0.154. The molecular weight excluding hydrogens is 609 g/mol. The summed E-state index contributed by atoms with van der Waals surface area (Å²) < 4.78 is 2.70. The van der Waals surface area contributed by atoms with E-state index in [2.05, 4.69) is 161 Å². The van der Waals surface area contributed by atoms with Crippen LogP contribution < -0.4 is 0 Å². The Morgan fingerprint density at radius 1 is 0.327 bits per heavy atom. The van der Waals surface area contributed by atoms with Crippen molar-refractivity contribution in [3.63, 3.8) is 0 Å². The molecule has 0 amide bonds. The molecule has 2 spiro atoms. The Hall–Kier alpha value is -5.24. The normalized spacial score (nSPS) is 15.3. The zero-order valence-corrected chi connectivity index (χ0v) is 28.9. The summed E-state index contributed by atoms with van der Waals surface area (Å²) in [5.41, 5.74) is 21.0. The molecule has 8 aromatic rings. The molecule has 0 bridgehead atoms. The van der Waals surface area contributed by atoms with E-state index in [0.717, 1.165) is 0 Å². The van der Waals surface area contributed by atoms with Gasteiger partial charge in [-0.05, 0) is 113 Å². The summed E-state index contributed by atoms with van der Waals surface area (Å²) in [6, 6.07) is 52.5. The summed E-state index contributed by atoms with van der Waals surface area (Å²) in [5, 5.41) is 2.70. The summed E-state index contributed by atoms with van der Waals surface area (Å²) in [6.07, 6.45) is 0. The van der Waals surface area contributed by atoms with Gasteiger partial charge in [-0.2, -0.15) is 0 Å². The predicted molar refractivity (Wildman–Crippen MR) is 206 cm³/mol. The molecule has 0 fully saturated rings. The zero-order valence-electron chi connectivity index (χ0n) is 28.1. The molecular formula is C48H34S. The monoisotopic (exact) mass is 642 g/mol. The Morgan fingerprint density at radius 3 is 1.20 bits per heavy atom. The lowest BCUT2D eigenvalue weighted by molar-refractivity contribution is 0.634. The number of hydrogen-bond acceptors (Lipinski definition) is 1. The molecule has 3 aliphatic carbocycles. The number of benzene rings is 7. The highest BCUT2D eigenvalue weighted by molar-refractivity contribution is 7.25. The number of thiophene rings is 1. The van der Waals surface area contributed by atoms with E-state index < -0.39 is 10.8 Å². The molecule has 1 heterocycles. The van der Waals surface area contributed by atoms with Gasteiger partial charge in [0.25, 0.3) is 0 Å². The number of rotatable bonds is 0. The smallest absolute Gasteiger partial charge is 0.0720 e. The predicted octanol–water partition coefficient (Wildman–Crippen LogP) is 12.3. The van der Waals surface area contributed by atoms with Gasteiger partial charge < -0.3 is 0 Å². The van der Waals surface area contributed by atoms with Gasteiger partial charge in [-0.25, -0.2) is 0 Å². The number of hydrogen-bond donors (Lipinski definition) is 0. The van der Waals surface area contributed by atoms with Gasteiger partial charge >= 0.3 is 0 Å². The fourth-order valence-corrected chi connectivity index (χ4v) is 11.2. The van der Waals surface area contributed by atoms with Crippen LogP contribution in [-0.4, -0.2) is 0 Å². The minimum absolute atomic E-state index is 0.452. The Bertz CT molecular complexity index is 2670. The molecule has 0 unspecified atom stereocenters. The van der Waals surface area contributed by atoms with Crippen LogP contribution in [0.25, 0.3) is 42.4 Å². The third-order valence-corrected chi connectivity index (χ3v) is 13.1. The second-order valence-corrected chi connectivity index (χ2v) is 15.8. The maximum absolute atomic E-state index is 2.61. The molecule has 1 heteroatoms. The first-order chi connectivity index (χ1) is 23.9. The highest BCUT2D eigenvalue weighted by Crippen LogP contribution is 2.68. The van der Waals surface area contributed by atoms with E-state index in [1.165, 1.54) is 109 Å². The van der Waals surface area contributed by atoms with Crippen molar-refractivity contribution in [2.45, 2.75) is 38.5 Å². The van der Waals surface area contributed by atoms with E-state index >= 15 is 0 Å². The maximum Gasteiger partial charge on any atom is 0.0720 e. The van der Waals surface area contributed by atoms with Gasteiger partial charge in [-0.1, -0.05) is 138 Å². The fourth-order valence-electron chi connectivity index (χ4n) is 10.1. The number of fused-ring (bicyclic) bond motifs is 19. The minimum Gasteiger partial charge on any atom is -0.135 e. The van der Waals surface area contributed by atoms with Crippen LogP contribution in [0.5, 0.6) is 0 Å². The van der Waals surface area contributed by atoms with E-state index in [9.17, 15) is 0 Å². The Balaban J connectivity index is 1.41. The summed E-state index contributed by atoms with van der Waals surface area (Å²) in [4.78, 5) is 0. The first-order valence-corrected chi connectivity index (χ1v) is 18.2.